The highest BCUT2D eigenvalue weighted by Crippen LogP contribution is 2.57. The standard InChI is InChI=1S/C32H33FN2O2/c1-6-8-25(33)12-11-19(2)30-29(31(36)34-5)27-15-26(20(3)13-28(27)37-30)24-10-7-9-23(14-24)21(4)35-32-16-22(17-32)18-32/h7-15,22,35H,2,4,6,16-18H2,1,3,5H3,(H,34,36)/b12-11-,25-8+. The maximum Gasteiger partial charge on any atom is 0.255 e. The van der Waals surface area contributed by atoms with Crippen molar-refractivity contribution in [2.45, 2.75) is 45.1 Å². The molecule has 0 unspecified atom stereocenters. The monoisotopic (exact) mass is 496 g/mol. The third-order valence-electron chi connectivity index (χ3n) is 7.60. The number of furan rings is 1. The van der Waals surface area contributed by atoms with E-state index < -0.39 is 0 Å². The van der Waals surface area contributed by atoms with Gasteiger partial charge in [-0.25, -0.2) is 4.39 Å². The summed E-state index contributed by atoms with van der Waals surface area (Å²) in [5.41, 5.74) is 6.71. The minimum absolute atomic E-state index is 0.258. The lowest BCUT2D eigenvalue weighted by Crippen LogP contribution is -2.66. The van der Waals surface area contributed by atoms with Crippen LogP contribution in [-0.4, -0.2) is 18.5 Å². The van der Waals surface area contributed by atoms with E-state index >= 15 is 0 Å². The third kappa shape index (κ3) is 4.55. The number of benzene rings is 2. The molecule has 37 heavy (non-hydrogen) atoms. The van der Waals surface area contributed by atoms with Gasteiger partial charge in [0.1, 0.15) is 17.2 Å². The minimum atomic E-state index is -0.357. The molecule has 0 aliphatic heterocycles. The number of amides is 1. The molecule has 190 valence electrons. The van der Waals surface area contributed by atoms with E-state index in [0.29, 0.717) is 34.3 Å². The molecule has 0 saturated heterocycles. The first-order valence-electron chi connectivity index (χ1n) is 12.8. The number of aryl methyl sites for hydroxylation is 1. The van der Waals surface area contributed by atoms with Crippen molar-refractivity contribution in [3.63, 3.8) is 0 Å². The second-order valence-corrected chi connectivity index (χ2v) is 10.3. The van der Waals surface area contributed by atoms with E-state index in [-0.39, 0.29) is 17.3 Å². The number of allylic oxidation sites excluding steroid dienone is 5. The number of nitrogens with one attached hydrogen (secondary N) is 2. The molecule has 3 aliphatic rings. The molecule has 1 heterocycles. The predicted molar refractivity (Wildman–Crippen MR) is 150 cm³/mol. The second-order valence-electron chi connectivity index (χ2n) is 10.3. The lowest BCUT2D eigenvalue weighted by Gasteiger charge is -2.62. The fraction of sp³-hybridized carbons (Fsp3) is 0.281. The first-order valence-corrected chi connectivity index (χ1v) is 12.8. The highest BCUT2D eigenvalue weighted by atomic mass is 19.1. The number of hydrogen-bond acceptors (Lipinski definition) is 3. The number of fused-ring (bicyclic) bond motifs is 1. The minimum Gasteiger partial charge on any atom is -0.455 e. The molecule has 3 aromatic rings. The van der Waals surface area contributed by atoms with Crippen LogP contribution in [0.25, 0.3) is 33.4 Å². The molecule has 6 rings (SSSR count). The zero-order chi connectivity index (χ0) is 26.3. The van der Waals surface area contributed by atoms with Gasteiger partial charge >= 0.3 is 0 Å². The van der Waals surface area contributed by atoms with Crippen molar-refractivity contribution in [2.24, 2.45) is 5.92 Å². The van der Waals surface area contributed by atoms with Crippen LogP contribution in [0.5, 0.6) is 0 Å². The Hall–Kier alpha value is -3.86. The van der Waals surface area contributed by atoms with Crippen molar-refractivity contribution in [3.05, 3.63) is 96.1 Å². The van der Waals surface area contributed by atoms with Crippen molar-refractivity contribution in [1.82, 2.24) is 10.6 Å². The van der Waals surface area contributed by atoms with Gasteiger partial charge in [-0.15, -0.1) is 0 Å². The Kier molecular flexibility index (Phi) is 6.40. The number of carbonyl (C=O) groups excluding carboxylic acids is 1. The number of rotatable bonds is 9. The summed E-state index contributed by atoms with van der Waals surface area (Å²) in [7, 11) is 1.58. The zero-order valence-electron chi connectivity index (χ0n) is 21.7. The van der Waals surface area contributed by atoms with Crippen molar-refractivity contribution in [2.75, 3.05) is 7.05 Å². The molecule has 3 aliphatic carbocycles. The van der Waals surface area contributed by atoms with Crippen molar-refractivity contribution in [1.29, 1.82) is 0 Å². The third-order valence-corrected chi connectivity index (χ3v) is 7.60. The van der Waals surface area contributed by atoms with E-state index in [9.17, 15) is 9.18 Å². The molecular weight excluding hydrogens is 463 g/mol. The van der Waals surface area contributed by atoms with E-state index in [1.54, 1.807) is 7.05 Å². The summed E-state index contributed by atoms with van der Waals surface area (Å²) in [6.07, 6.45) is 8.67. The molecule has 2 bridgehead atoms. The summed E-state index contributed by atoms with van der Waals surface area (Å²) in [4.78, 5) is 13.0. The summed E-state index contributed by atoms with van der Waals surface area (Å²) in [6.45, 7) is 12.2. The van der Waals surface area contributed by atoms with Gasteiger partial charge in [0, 0.05) is 29.2 Å². The van der Waals surface area contributed by atoms with E-state index in [2.05, 4.69) is 42.0 Å². The first kappa shape index (κ1) is 24.8. The molecular formula is C32H33FN2O2. The van der Waals surface area contributed by atoms with Crippen LogP contribution in [0.15, 0.2) is 78.0 Å². The quantitative estimate of drug-likeness (QED) is 0.298. The van der Waals surface area contributed by atoms with Crippen LogP contribution in [0.1, 0.15) is 59.9 Å². The molecule has 0 radical (unpaired) electrons. The van der Waals surface area contributed by atoms with Crippen LogP contribution < -0.4 is 10.6 Å². The molecule has 0 atom stereocenters. The Morgan fingerprint density at radius 1 is 1.19 bits per heavy atom. The molecule has 2 aromatic carbocycles. The van der Waals surface area contributed by atoms with Gasteiger partial charge in [-0.2, -0.15) is 0 Å². The van der Waals surface area contributed by atoms with Crippen LogP contribution in [0, 0.1) is 12.8 Å². The molecule has 1 aromatic heterocycles. The summed E-state index contributed by atoms with van der Waals surface area (Å²) in [6, 6.07) is 12.3. The summed E-state index contributed by atoms with van der Waals surface area (Å²) in [5.74, 6) is 0.585. The van der Waals surface area contributed by atoms with E-state index in [1.807, 2.05) is 32.0 Å². The molecule has 0 spiro atoms. The summed E-state index contributed by atoms with van der Waals surface area (Å²) in [5, 5.41) is 7.05. The van der Waals surface area contributed by atoms with E-state index in [1.165, 1.54) is 37.5 Å². The zero-order valence-corrected chi connectivity index (χ0v) is 21.7. The lowest BCUT2D eigenvalue weighted by atomic mass is 9.50. The largest absolute Gasteiger partial charge is 0.455 e. The molecule has 4 nitrogen and oxygen atoms in total. The smallest absolute Gasteiger partial charge is 0.255 e. The van der Waals surface area contributed by atoms with Gasteiger partial charge in [0.25, 0.3) is 5.91 Å². The molecule has 2 N–H and O–H groups in total. The summed E-state index contributed by atoms with van der Waals surface area (Å²) >= 11 is 0. The van der Waals surface area contributed by atoms with Crippen molar-refractivity contribution < 1.29 is 13.6 Å². The van der Waals surface area contributed by atoms with E-state index in [0.717, 1.165) is 33.9 Å². The van der Waals surface area contributed by atoms with Gasteiger partial charge in [-0.05, 0) is 97.2 Å². The van der Waals surface area contributed by atoms with Crippen LogP contribution in [0.3, 0.4) is 0 Å². The first-order chi connectivity index (χ1) is 17.7. The SMILES string of the molecule is C=C(NC12CC(C1)C2)c1cccc(-c2cc3c(C(=O)NC)c(C(=C)/C=C\C(F)=C/CC)oc3cc2C)c1. The Labute approximate surface area is 217 Å². The Morgan fingerprint density at radius 2 is 1.95 bits per heavy atom. The van der Waals surface area contributed by atoms with Gasteiger partial charge in [-0.1, -0.05) is 38.3 Å². The Bertz CT molecular complexity index is 1470. The van der Waals surface area contributed by atoms with Gasteiger partial charge in [0.2, 0.25) is 0 Å². The maximum atomic E-state index is 13.9. The number of halogens is 1. The maximum absolute atomic E-state index is 13.9. The number of hydrogen-bond donors (Lipinski definition) is 2. The van der Waals surface area contributed by atoms with Gasteiger partial charge < -0.3 is 15.1 Å². The molecule has 3 saturated carbocycles. The van der Waals surface area contributed by atoms with Crippen molar-refractivity contribution >= 4 is 28.1 Å². The van der Waals surface area contributed by atoms with Gasteiger partial charge in [0.05, 0.1) is 5.56 Å². The lowest BCUT2D eigenvalue weighted by molar-refractivity contribution is -0.0373. The normalized spacial score (nSPS) is 20.4. The fourth-order valence-electron chi connectivity index (χ4n) is 5.55. The topological polar surface area (TPSA) is 54.3 Å². The van der Waals surface area contributed by atoms with Crippen LogP contribution in [0.4, 0.5) is 4.39 Å². The Morgan fingerprint density at radius 3 is 2.59 bits per heavy atom. The number of carbonyl (C=O) groups is 1. The van der Waals surface area contributed by atoms with Gasteiger partial charge in [0.15, 0.2) is 0 Å². The predicted octanol–water partition coefficient (Wildman–Crippen LogP) is 7.71. The molecule has 5 heteroatoms. The van der Waals surface area contributed by atoms with Crippen LogP contribution in [0.2, 0.25) is 0 Å². The average molecular weight is 497 g/mol. The fourth-order valence-corrected chi connectivity index (χ4v) is 5.55. The van der Waals surface area contributed by atoms with Crippen LogP contribution >= 0.6 is 0 Å². The van der Waals surface area contributed by atoms with Crippen LogP contribution in [-0.2, 0) is 0 Å². The molecule has 1 amide bonds. The average Bonchev–Trinajstić information content (AvgIpc) is 3.21. The van der Waals surface area contributed by atoms with Crippen molar-refractivity contribution in [3.8, 4) is 11.1 Å². The van der Waals surface area contributed by atoms with E-state index in [4.69, 9.17) is 4.42 Å². The highest BCUT2D eigenvalue weighted by Gasteiger charge is 2.56. The van der Waals surface area contributed by atoms with Gasteiger partial charge in [-0.3, -0.25) is 4.79 Å². The molecule has 3 fully saturated rings. The highest BCUT2D eigenvalue weighted by molar-refractivity contribution is 6.11. The Balaban J connectivity index is 1.53. The second kappa shape index (κ2) is 9.55. The summed E-state index contributed by atoms with van der Waals surface area (Å²) < 4.78 is 20.0.